The van der Waals surface area contributed by atoms with Crippen molar-refractivity contribution >= 4 is 43.7 Å². The molecule has 0 radical (unpaired) electrons. The number of benzene rings is 3. The maximum Gasteiger partial charge on any atom is 0.255 e. The minimum absolute atomic E-state index is 0.0199. The molecule has 0 aliphatic rings. The topological polar surface area (TPSA) is 139 Å². The summed E-state index contributed by atoms with van der Waals surface area (Å²) in [5, 5.41) is 13.7. The second-order valence-electron chi connectivity index (χ2n) is 10.1. The monoisotopic (exact) mass is 600 g/mol. The third-order valence-electron chi connectivity index (χ3n) is 7.12. The molecule has 0 unspecified atom stereocenters. The highest BCUT2D eigenvalue weighted by atomic mass is 32.2. The smallest absolute Gasteiger partial charge is 0.255 e. The van der Waals surface area contributed by atoms with Gasteiger partial charge < -0.3 is 19.3 Å². The number of amides is 1. The van der Waals surface area contributed by atoms with E-state index >= 15 is 0 Å². The number of aryl methyl sites for hydroxylation is 1. The molecule has 0 atom stereocenters. The largest absolute Gasteiger partial charge is 0.493 e. The number of para-hydroxylation sites is 1. The fraction of sp³-hybridized carbons (Fsp3) is 0.129. The van der Waals surface area contributed by atoms with Crippen molar-refractivity contribution in [3.8, 4) is 39.9 Å². The number of nitrogens with zero attached hydrogens (tertiary/aromatic N) is 3. The molecule has 2 N–H and O–H groups in total. The highest BCUT2D eigenvalue weighted by Crippen LogP contribution is 2.42. The molecule has 6 aromatic rings. The molecular formula is C31H25FN4O6S. The van der Waals surface area contributed by atoms with Gasteiger partial charge in [0.15, 0.2) is 11.4 Å². The van der Waals surface area contributed by atoms with Crippen molar-refractivity contribution in [3.63, 3.8) is 0 Å². The van der Waals surface area contributed by atoms with Crippen LogP contribution in [-0.4, -0.2) is 49.8 Å². The van der Waals surface area contributed by atoms with E-state index in [4.69, 9.17) is 8.83 Å². The lowest BCUT2D eigenvalue weighted by atomic mass is 10.00. The van der Waals surface area contributed by atoms with E-state index in [2.05, 4.69) is 15.3 Å². The van der Waals surface area contributed by atoms with E-state index in [1.165, 1.54) is 44.4 Å². The van der Waals surface area contributed by atoms with Crippen LogP contribution in [0.5, 0.6) is 5.88 Å². The van der Waals surface area contributed by atoms with E-state index < -0.39 is 27.6 Å². The number of halogens is 1. The summed E-state index contributed by atoms with van der Waals surface area (Å²) in [4.78, 5) is 21.7. The minimum Gasteiger partial charge on any atom is -0.493 e. The molecular weight excluding hydrogens is 575 g/mol. The molecule has 10 nitrogen and oxygen atoms in total. The van der Waals surface area contributed by atoms with Crippen molar-refractivity contribution in [1.29, 1.82) is 0 Å². The summed E-state index contributed by atoms with van der Waals surface area (Å²) in [5.74, 6) is -1.07. The van der Waals surface area contributed by atoms with E-state index in [-0.39, 0.29) is 50.6 Å². The number of aromatic hydroxyl groups is 1. The highest BCUT2D eigenvalue weighted by Gasteiger charge is 2.27. The third kappa shape index (κ3) is 4.95. The van der Waals surface area contributed by atoms with Gasteiger partial charge in [-0.05, 0) is 31.2 Å². The summed E-state index contributed by atoms with van der Waals surface area (Å²) >= 11 is 0. The molecule has 43 heavy (non-hydrogen) atoms. The number of carbonyl (C=O) groups excluding carboxylic acids is 1. The van der Waals surface area contributed by atoms with Crippen LogP contribution in [0.25, 0.3) is 56.1 Å². The lowest BCUT2D eigenvalue weighted by Gasteiger charge is -2.20. The van der Waals surface area contributed by atoms with Crippen molar-refractivity contribution < 1.29 is 31.5 Å². The maximum atomic E-state index is 14.3. The summed E-state index contributed by atoms with van der Waals surface area (Å²) in [6, 6.07) is 17.7. The van der Waals surface area contributed by atoms with Crippen LogP contribution in [-0.2, 0) is 10.0 Å². The van der Waals surface area contributed by atoms with Crippen LogP contribution in [0, 0.1) is 12.7 Å². The minimum atomic E-state index is -3.78. The lowest BCUT2D eigenvalue weighted by molar-refractivity contribution is 0.0964. The van der Waals surface area contributed by atoms with Gasteiger partial charge in [-0.15, -0.1) is 0 Å². The molecule has 6 rings (SSSR count). The normalized spacial score (nSPS) is 11.7. The van der Waals surface area contributed by atoms with E-state index in [1.54, 1.807) is 12.1 Å². The summed E-state index contributed by atoms with van der Waals surface area (Å²) in [5.41, 5.74) is 3.27. The fourth-order valence-electron chi connectivity index (χ4n) is 4.85. The van der Waals surface area contributed by atoms with Gasteiger partial charge in [-0.1, -0.05) is 35.9 Å². The molecule has 0 aliphatic carbocycles. The van der Waals surface area contributed by atoms with Crippen LogP contribution in [0.2, 0.25) is 0 Å². The second-order valence-corrected chi connectivity index (χ2v) is 12.1. The molecule has 0 saturated heterocycles. The van der Waals surface area contributed by atoms with E-state index in [9.17, 15) is 22.7 Å². The Morgan fingerprint density at radius 3 is 2.40 bits per heavy atom. The van der Waals surface area contributed by atoms with Gasteiger partial charge in [0.05, 0.1) is 23.2 Å². The Bertz CT molecular complexity index is 2170. The van der Waals surface area contributed by atoms with Gasteiger partial charge in [0.25, 0.3) is 5.91 Å². The Kier molecular flexibility index (Phi) is 6.65. The number of nitrogens with one attached hydrogen (secondary N) is 1. The number of fused-ring (bicyclic) bond motifs is 2. The van der Waals surface area contributed by atoms with E-state index in [0.717, 1.165) is 16.1 Å². The van der Waals surface area contributed by atoms with Crippen molar-refractivity contribution in [3.05, 3.63) is 83.7 Å². The first kappa shape index (κ1) is 27.9. The lowest BCUT2D eigenvalue weighted by Crippen LogP contribution is -2.25. The fourth-order valence-corrected chi connectivity index (χ4v) is 5.36. The molecule has 0 spiro atoms. The molecule has 1 amide bonds. The highest BCUT2D eigenvalue weighted by molar-refractivity contribution is 7.92. The zero-order valence-corrected chi connectivity index (χ0v) is 24.3. The molecule has 0 aliphatic heterocycles. The predicted molar refractivity (Wildman–Crippen MR) is 161 cm³/mol. The molecule has 218 valence electrons. The van der Waals surface area contributed by atoms with Crippen LogP contribution in [0.3, 0.4) is 0 Å². The maximum absolute atomic E-state index is 14.3. The molecule has 0 bridgehead atoms. The van der Waals surface area contributed by atoms with Gasteiger partial charge in [0.1, 0.15) is 16.9 Å². The number of carbonyl (C=O) groups is 1. The van der Waals surface area contributed by atoms with Crippen molar-refractivity contribution in [2.75, 3.05) is 24.7 Å². The number of rotatable bonds is 6. The average molecular weight is 601 g/mol. The third-order valence-corrected chi connectivity index (χ3v) is 8.31. The summed E-state index contributed by atoms with van der Waals surface area (Å²) in [6.07, 6.45) is 1.05. The molecule has 3 aromatic heterocycles. The molecule has 0 saturated carbocycles. The second kappa shape index (κ2) is 10.2. The molecule has 3 aromatic carbocycles. The number of sulfonamides is 1. The summed E-state index contributed by atoms with van der Waals surface area (Å²) in [6.45, 7) is 1.94. The molecule has 0 fully saturated rings. The average Bonchev–Trinajstić information content (AvgIpc) is 3.58. The van der Waals surface area contributed by atoms with Gasteiger partial charge in [-0.3, -0.25) is 9.10 Å². The SMILES string of the molecule is CNC(=O)c1c(-c2ccc(C)cc2)oc2cc(N(C)S(C)(=O)=O)c(-c3cc(-c4nc5c(F)cccc5o4)cc(O)n3)cc12. The van der Waals surface area contributed by atoms with Gasteiger partial charge in [-0.25, -0.2) is 22.8 Å². The van der Waals surface area contributed by atoms with Crippen LogP contribution < -0.4 is 9.62 Å². The Morgan fingerprint density at radius 1 is 0.977 bits per heavy atom. The quantitative estimate of drug-likeness (QED) is 0.242. The Hall–Kier alpha value is -5.23. The first-order valence-electron chi connectivity index (χ1n) is 13.0. The predicted octanol–water partition coefficient (Wildman–Crippen LogP) is 5.88. The van der Waals surface area contributed by atoms with Crippen molar-refractivity contribution in [2.24, 2.45) is 0 Å². The number of hydrogen-bond acceptors (Lipinski definition) is 8. The number of anilines is 1. The standard InChI is InChI=1S/C31H25FN4O6S/c1-16-8-10-17(11-9-16)29-27(30(38)33-2)20-14-19(23(15-25(20)41-29)36(3)43(4,39)40)22-12-18(13-26(37)34-22)31-35-28-21(32)6-5-7-24(28)42-31/h5-15H,1-4H3,(H,33,38)(H,34,37). The molecule has 12 heteroatoms. The van der Waals surface area contributed by atoms with Crippen molar-refractivity contribution in [2.45, 2.75) is 6.92 Å². The zero-order valence-electron chi connectivity index (χ0n) is 23.5. The number of aromatic nitrogens is 2. The van der Waals surface area contributed by atoms with Gasteiger partial charge in [-0.2, -0.15) is 0 Å². The van der Waals surface area contributed by atoms with Gasteiger partial charge >= 0.3 is 0 Å². The van der Waals surface area contributed by atoms with Crippen LogP contribution >= 0.6 is 0 Å². The van der Waals surface area contributed by atoms with Crippen LogP contribution in [0.15, 0.2) is 75.6 Å². The summed E-state index contributed by atoms with van der Waals surface area (Å²) in [7, 11) is -0.910. The van der Waals surface area contributed by atoms with Crippen molar-refractivity contribution in [1.82, 2.24) is 15.3 Å². The number of oxazole rings is 1. The van der Waals surface area contributed by atoms with Gasteiger partial charge in [0.2, 0.25) is 21.8 Å². The number of furan rings is 1. The summed E-state index contributed by atoms with van der Waals surface area (Å²) < 4.78 is 52.8. The Labute approximate surface area is 245 Å². The first-order valence-corrected chi connectivity index (χ1v) is 14.9. The number of hydrogen-bond donors (Lipinski definition) is 2. The Balaban J connectivity index is 1.63. The zero-order chi connectivity index (χ0) is 30.6. The first-order chi connectivity index (χ1) is 20.4. The number of pyridine rings is 1. The van der Waals surface area contributed by atoms with Crippen LogP contribution in [0.1, 0.15) is 15.9 Å². The Morgan fingerprint density at radius 2 is 1.72 bits per heavy atom. The van der Waals surface area contributed by atoms with E-state index in [1.807, 2.05) is 31.2 Å². The molecule has 3 heterocycles. The van der Waals surface area contributed by atoms with E-state index in [0.29, 0.717) is 16.7 Å². The van der Waals surface area contributed by atoms with Gasteiger partial charge in [0, 0.05) is 48.3 Å². The van der Waals surface area contributed by atoms with Crippen LogP contribution in [0.4, 0.5) is 10.1 Å².